The Bertz CT molecular complexity index is 468. The summed E-state index contributed by atoms with van der Waals surface area (Å²) in [5, 5.41) is 4.42. The van der Waals surface area contributed by atoms with Crippen LogP contribution in [0.1, 0.15) is 42.3 Å². The molecule has 1 aromatic heterocycles. The van der Waals surface area contributed by atoms with Gasteiger partial charge in [0.25, 0.3) is 0 Å². The molecule has 6 heteroatoms. The van der Waals surface area contributed by atoms with Crippen LogP contribution in [0.15, 0.2) is 4.90 Å². The van der Waals surface area contributed by atoms with E-state index >= 15 is 0 Å². The van der Waals surface area contributed by atoms with Crippen LogP contribution in [0.5, 0.6) is 0 Å². The molecule has 0 bridgehead atoms. The van der Waals surface area contributed by atoms with Crippen LogP contribution in [0, 0.1) is 0 Å². The molecule has 1 aliphatic rings. The van der Waals surface area contributed by atoms with Gasteiger partial charge >= 0.3 is 0 Å². The number of rotatable bonds is 6. The summed E-state index contributed by atoms with van der Waals surface area (Å²) < 4.78 is 5.72. The molecule has 1 saturated heterocycles. The van der Waals surface area contributed by atoms with Crippen LogP contribution in [-0.2, 0) is 4.74 Å². The summed E-state index contributed by atoms with van der Waals surface area (Å²) in [4.78, 5) is 13.6. The van der Waals surface area contributed by atoms with Gasteiger partial charge in [0.1, 0.15) is 5.00 Å². The molecule has 4 nitrogen and oxygen atoms in total. The highest BCUT2D eigenvalue weighted by molar-refractivity contribution is 7.99. The zero-order chi connectivity index (χ0) is 14.5. The van der Waals surface area contributed by atoms with Gasteiger partial charge in [-0.1, -0.05) is 6.92 Å². The number of ether oxygens (including phenoxy) is 1. The molecule has 0 amide bonds. The number of ketones is 1. The lowest BCUT2D eigenvalue weighted by Gasteiger charge is -2.23. The van der Waals surface area contributed by atoms with Gasteiger partial charge in [-0.25, -0.2) is 0 Å². The fraction of sp³-hybridized carbons (Fsp3) is 0.643. The third-order valence-corrected chi connectivity index (χ3v) is 5.61. The maximum atomic E-state index is 11.9. The summed E-state index contributed by atoms with van der Waals surface area (Å²) in [6.07, 6.45) is 6.24. The molecule has 1 aliphatic heterocycles. The van der Waals surface area contributed by atoms with E-state index in [1.54, 1.807) is 11.8 Å². The molecular weight excluding hydrogens is 292 g/mol. The fourth-order valence-corrected chi connectivity index (χ4v) is 4.34. The monoisotopic (exact) mass is 314 g/mol. The average Bonchev–Trinajstić information content (AvgIpc) is 2.81. The van der Waals surface area contributed by atoms with E-state index in [2.05, 4.69) is 5.32 Å². The van der Waals surface area contributed by atoms with Gasteiger partial charge in [-0.15, -0.1) is 23.1 Å². The van der Waals surface area contributed by atoms with Crippen molar-refractivity contribution in [2.75, 3.05) is 30.5 Å². The predicted octanol–water partition coefficient (Wildman–Crippen LogP) is 3.63. The van der Waals surface area contributed by atoms with Crippen LogP contribution in [0.4, 0.5) is 10.7 Å². The Kier molecular flexibility index (Phi) is 5.74. The lowest BCUT2D eigenvalue weighted by molar-refractivity contribution is 0.0248. The van der Waals surface area contributed by atoms with Crippen molar-refractivity contribution in [1.82, 2.24) is 0 Å². The average molecular weight is 314 g/mol. The number of hydrogen-bond donors (Lipinski definition) is 2. The smallest absolute Gasteiger partial charge is 0.174 e. The van der Waals surface area contributed by atoms with E-state index in [9.17, 15) is 4.79 Å². The van der Waals surface area contributed by atoms with Gasteiger partial charge in [0.15, 0.2) is 5.78 Å². The second-order valence-electron chi connectivity index (χ2n) is 4.85. The molecule has 0 aliphatic carbocycles. The highest BCUT2D eigenvalue weighted by Gasteiger charge is 2.21. The standard InChI is InChI=1S/C14H22N2O2S2/c1-3-10(17)12-11(15)13(19-2)14(20-12)16-8-9-6-4-5-7-18-9/h9,16H,3-8,15H2,1-2H3. The number of Topliss-reactive ketones (excluding diaryl/α,β-unsaturated/α-hetero) is 1. The quantitative estimate of drug-likeness (QED) is 0.620. The molecule has 1 aromatic rings. The minimum Gasteiger partial charge on any atom is -0.396 e. The topological polar surface area (TPSA) is 64.3 Å². The first-order valence-corrected chi connectivity index (χ1v) is 9.06. The second-order valence-corrected chi connectivity index (χ2v) is 6.69. The van der Waals surface area contributed by atoms with Gasteiger partial charge in [-0.05, 0) is 25.5 Å². The lowest BCUT2D eigenvalue weighted by atomic mass is 10.1. The van der Waals surface area contributed by atoms with E-state index in [1.807, 2.05) is 13.2 Å². The number of carbonyl (C=O) groups excluding carboxylic acids is 1. The van der Waals surface area contributed by atoms with Crippen molar-refractivity contribution in [3.63, 3.8) is 0 Å². The zero-order valence-electron chi connectivity index (χ0n) is 12.0. The number of hydrogen-bond acceptors (Lipinski definition) is 6. The molecule has 0 aromatic carbocycles. The van der Waals surface area contributed by atoms with E-state index in [0.29, 0.717) is 17.0 Å². The van der Waals surface area contributed by atoms with Crippen molar-refractivity contribution in [2.24, 2.45) is 0 Å². The molecule has 112 valence electrons. The number of carbonyl (C=O) groups is 1. The van der Waals surface area contributed by atoms with Crippen LogP contribution in [0.3, 0.4) is 0 Å². The van der Waals surface area contributed by atoms with Gasteiger partial charge in [0.2, 0.25) is 0 Å². The molecule has 2 rings (SSSR count). The third kappa shape index (κ3) is 3.48. The maximum Gasteiger partial charge on any atom is 0.174 e. The minimum absolute atomic E-state index is 0.116. The number of nitrogens with two attached hydrogens (primary N) is 1. The molecule has 1 atom stereocenters. The Morgan fingerprint density at radius 2 is 2.35 bits per heavy atom. The number of anilines is 2. The van der Waals surface area contributed by atoms with Gasteiger partial charge < -0.3 is 15.8 Å². The van der Waals surface area contributed by atoms with Crippen molar-refractivity contribution in [3.8, 4) is 0 Å². The molecule has 0 saturated carbocycles. The first-order valence-electron chi connectivity index (χ1n) is 7.02. The van der Waals surface area contributed by atoms with Crippen LogP contribution >= 0.6 is 23.1 Å². The molecule has 20 heavy (non-hydrogen) atoms. The highest BCUT2D eigenvalue weighted by Crippen LogP contribution is 2.42. The van der Waals surface area contributed by atoms with Crippen molar-refractivity contribution in [2.45, 2.75) is 43.6 Å². The van der Waals surface area contributed by atoms with Crippen LogP contribution < -0.4 is 11.1 Å². The molecule has 0 radical (unpaired) electrons. The Labute approximate surface area is 128 Å². The summed E-state index contributed by atoms with van der Waals surface area (Å²) in [5.41, 5.74) is 6.72. The fourth-order valence-electron chi connectivity index (χ4n) is 2.29. The molecule has 1 fully saturated rings. The molecule has 1 unspecified atom stereocenters. The summed E-state index contributed by atoms with van der Waals surface area (Å²) in [5.74, 6) is 0.116. The predicted molar refractivity (Wildman–Crippen MR) is 87.2 cm³/mol. The van der Waals surface area contributed by atoms with Gasteiger partial charge in [-0.3, -0.25) is 4.79 Å². The number of thiophene rings is 1. The number of nitrogen functional groups attached to an aromatic ring is 1. The first-order chi connectivity index (χ1) is 9.67. The Morgan fingerprint density at radius 1 is 1.55 bits per heavy atom. The SMILES string of the molecule is CCC(=O)c1sc(NCC2CCCCO2)c(SC)c1N. The van der Waals surface area contributed by atoms with Crippen LogP contribution in [-0.4, -0.2) is 31.3 Å². The Hall–Kier alpha value is -0.720. The largest absolute Gasteiger partial charge is 0.396 e. The third-order valence-electron chi connectivity index (χ3n) is 3.44. The summed E-state index contributed by atoms with van der Waals surface area (Å²) >= 11 is 3.06. The van der Waals surface area contributed by atoms with Crippen molar-refractivity contribution < 1.29 is 9.53 Å². The van der Waals surface area contributed by atoms with Crippen LogP contribution in [0.2, 0.25) is 0 Å². The normalized spacial score (nSPS) is 19.0. The van der Waals surface area contributed by atoms with Crippen molar-refractivity contribution in [1.29, 1.82) is 0 Å². The Morgan fingerprint density at radius 3 is 2.95 bits per heavy atom. The molecule has 2 heterocycles. The van der Waals surface area contributed by atoms with E-state index in [4.69, 9.17) is 10.5 Å². The van der Waals surface area contributed by atoms with Gasteiger partial charge in [0, 0.05) is 19.6 Å². The number of thioether (sulfide) groups is 1. The second kappa shape index (κ2) is 7.33. The van der Waals surface area contributed by atoms with Crippen molar-refractivity contribution >= 4 is 39.6 Å². The minimum atomic E-state index is 0.116. The summed E-state index contributed by atoms with van der Waals surface area (Å²) in [7, 11) is 0. The summed E-state index contributed by atoms with van der Waals surface area (Å²) in [6, 6.07) is 0. The molecular formula is C14H22N2O2S2. The summed E-state index contributed by atoms with van der Waals surface area (Å²) in [6.45, 7) is 3.50. The van der Waals surface area contributed by atoms with E-state index < -0.39 is 0 Å². The van der Waals surface area contributed by atoms with E-state index in [0.717, 1.165) is 35.9 Å². The lowest BCUT2D eigenvalue weighted by Crippen LogP contribution is -2.26. The van der Waals surface area contributed by atoms with E-state index in [-0.39, 0.29) is 11.9 Å². The van der Waals surface area contributed by atoms with E-state index in [1.165, 1.54) is 17.8 Å². The van der Waals surface area contributed by atoms with Crippen molar-refractivity contribution in [3.05, 3.63) is 4.88 Å². The van der Waals surface area contributed by atoms with Gasteiger partial charge in [-0.2, -0.15) is 0 Å². The first kappa shape index (κ1) is 15.7. The zero-order valence-corrected chi connectivity index (χ0v) is 13.7. The molecule has 3 N–H and O–H groups in total. The van der Waals surface area contributed by atoms with Gasteiger partial charge in [0.05, 0.1) is 21.6 Å². The van der Waals surface area contributed by atoms with Crippen LogP contribution in [0.25, 0.3) is 0 Å². The molecule has 0 spiro atoms. The Balaban J connectivity index is 2.08. The number of nitrogens with one attached hydrogen (secondary N) is 1. The highest BCUT2D eigenvalue weighted by atomic mass is 32.2. The maximum absolute atomic E-state index is 11.9.